The van der Waals surface area contributed by atoms with Crippen LogP contribution in [-0.2, 0) is 9.59 Å². The molecule has 21 heavy (non-hydrogen) atoms. The zero-order chi connectivity index (χ0) is 15.1. The van der Waals surface area contributed by atoms with Crippen LogP contribution in [0.3, 0.4) is 0 Å². The zero-order valence-corrected chi connectivity index (χ0v) is 12.8. The zero-order valence-electron chi connectivity index (χ0n) is 12.8. The van der Waals surface area contributed by atoms with Crippen molar-refractivity contribution < 1.29 is 14.7 Å². The van der Waals surface area contributed by atoms with Crippen LogP contribution < -0.4 is 10.6 Å². The second kappa shape index (κ2) is 8.37. The van der Waals surface area contributed by atoms with Crippen molar-refractivity contribution in [1.82, 2.24) is 10.6 Å². The van der Waals surface area contributed by atoms with E-state index in [9.17, 15) is 9.59 Å². The minimum Gasteiger partial charge on any atom is -0.481 e. The van der Waals surface area contributed by atoms with E-state index in [-0.39, 0.29) is 11.8 Å². The van der Waals surface area contributed by atoms with Gasteiger partial charge in [-0.1, -0.05) is 25.7 Å². The SMILES string of the molecule is O=C(CNC1CCC(C(=O)O)CC1)NC1CCCCCC1. The molecule has 5 heteroatoms. The number of hydrogen-bond donors (Lipinski definition) is 3. The molecule has 0 aromatic rings. The van der Waals surface area contributed by atoms with Crippen molar-refractivity contribution in [3.05, 3.63) is 0 Å². The summed E-state index contributed by atoms with van der Waals surface area (Å²) in [6.07, 6.45) is 10.4. The molecule has 0 saturated heterocycles. The first kappa shape index (κ1) is 16.3. The number of rotatable bonds is 5. The van der Waals surface area contributed by atoms with Crippen LogP contribution in [0, 0.1) is 5.92 Å². The maximum Gasteiger partial charge on any atom is 0.306 e. The van der Waals surface area contributed by atoms with Gasteiger partial charge in [0.15, 0.2) is 0 Å². The van der Waals surface area contributed by atoms with Gasteiger partial charge in [-0.25, -0.2) is 0 Å². The predicted octanol–water partition coefficient (Wildman–Crippen LogP) is 2.06. The molecule has 2 aliphatic carbocycles. The van der Waals surface area contributed by atoms with Gasteiger partial charge >= 0.3 is 5.97 Å². The topological polar surface area (TPSA) is 78.4 Å². The van der Waals surface area contributed by atoms with Crippen molar-refractivity contribution in [3.63, 3.8) is 0 Å². The quantitative estimate of drug-likeness (QED) is 0.679. The van der Waals surface area contributed by atoms with Crippen LogP contribution in [0.2, 0.25) is 0 Å². The van der Waals surface area contributed by atoms with E-state index in [0.29, 0.717) is 18.6 Å². The lowest BCUT2D eigenvalue weighted by Gasteiger charge is -2.27. The van der Waals surface area contributed by atoms with Gasteiger partial charge < -0.3 is 15.7 Å². The Morgan fingerprint density at radius 1 is 0.857 bits per heavy atom. The molecule has 0 bridgehead atoms. The maximum absolute atomic E-state index is 12.0. The van der Waals surface area contributed by atoms with Crippen LogP contribution in [0.25, 0.3) is 0 Å². The van der Waals surface area contributed by atoms with Gasteiger partial charge in [0.25, 0.3) is 0 Å². The molecule has 0 heterocycles. The second-order valence-electron chi connectivity index (χ2n) is 6.52. The number of carboxylic acid groups (broad SMARTS) is 1. The fourth-order valence-corrected chi connectivity index (χ4v) is 3.48. The average Bonchev–Trinajstić information content (AvgIpc) is 2.74. The third-order valence-electron chi connectivity index (χ3n) is 4.85. The van der Waals surface area contributed by atoms with Crippen molar-refractivity contribution in [2.24, 2.45) is 5.92 Å². The van der Waals surface area contributed by atoms with Crippen LogP contribution in [-0.4, -0.2) is 35.6 Å². The van der Waals surface area contributed by atoms with E-state index >= 15 is 0 Å². The summed E-state index contributed by atoms with van der Waals surface area (Å²) in [6.45, 7) is 0.360. The number of nitrogens with one attached hydrogen (secondary N) is 2. The van der Waals surface area contributed by atoms with E-state index in [1.54, 1.807) is 0 Å². The Labute approximate surface area is 126 Å². The summed E-state index contributed by atoms with van der Waals surface area (Å²) in [7, 11) is 0. The molecule has 2 aliphatic rings. The Balaban J connectivity index is 1.61. The second-order valence-corrected chi connectivity index (χ2v) is 6.52. The molecule has 5 nitrogen and oxygen atoms in total. The highest BCUT2D eigenvalue weighted by Crippen LogP contribution is 2.24. The molecule has 0 unspecified atom stereocenters. The summed E-state index contributed by atoms with van der Waals surface area (Å²) >= 11 is 0. The summed E-state index contributed by atoms with van der Waals surface area (Å²) < 4.78 is 0. The predicted molar refractivity (Wildman–Crippen MR) is 81.0 cm³/mol. The highest BCUT2D eigenvalue weighted by molar-refractivity contribution is 5.78. The number of carbonyl (C=O) groups is 2. The summed E-state index contributed by atoms with van der Waals surface area (Å²) in [5, 5.41) is 15.4. The minimum absolute atomic E-state index is 0.0854. The molecule has 1 amide bonds. The first-order valence-corrected chi connectivity index (χ1v) is 8.40. The van der Waals surface area contributed by atoms with E-state index in [2.05, 4.69) is 10.6 Å². The Morgan fingerprint density at radius 3 is 2.05 bits per heavy atom. The van der Waals surface area contributed by atoms with E-state index < -0.39 is 5.97 Å². The summed E-state index contributed by atoms with van der Waals surface area (Å²) in [4.78, 5) is 22.9. The van der Waals surface area contributed by atoms with Gasteiger partial charge in [-0.05, 0) is 38.5 Å². The molecule has 0 spiro atoms. The number of aliphatic carboxylic acids is 1. The first-order valence-electron chi connectivity index (χ1n) is 8.40. The van der Waals surface area contributed by atoms with Gasteiger partial charge in [-0.3, -0.25) is 9.59 Å². The normalized spacial score (nSPS) is 27.8. The largest absolute Gasteiger partial charge is 0.481 e. The van der Waals surface area contributed by atoms with Crippen molar-refractivity contribution >= 4 is 11.9 Å². The van der Waals surface area contributed by atoms with Gasteiger partial charge in [-0.15, -0.1) is 0 Å². The lowest BCUT2D eigenvalue weighted by atomic mass is 9.86. The Kier molecular flexibility index (Phi) is 6.49. The van der Waals surface area contributed by atoms with Crippen LogP contribution >= 0.6 is 0 Å². The fraction of sp³-hybridized carbons (Fsp3) is 0.875. The molecule has 2 fully saturated rings. The van der Waals surface area contributed by atoms with Crippen molar-refractivity contribution in [2.45, 2.75) is 76.3 Å². The third kappa shape index (κ3) is 5.65. The smallest absolute Gasteiger partial charge is 0.306 e. The molecule has 0 aromatic carbocycles. The molecule has 0 aromatic heterocycles. The molecule has 0 aliphatic heterocycles. The first-order chi connectivity index (χ1) is 10.1. The number of carbonyl (C=O) groups excluding carboxylic acids is 1. The van der Waals surface area contributed by atoms with E-state index in [0.717, 1.165) is 38.5 Å². The number of carboxylic acids is 1. The molecule has 0 atom stereocenters. The van der Waals surface area contributed by atoms with Crippen molar-refractivity contribution in [2.75, 3.05) is 6.54 Å². The van der Waals surface area contributed by atoms with Gasteiger partial charge in [0.2, 0.25) is 5.91 Å². The molecular formula is C16H28N2O3. The van der Waals surface area contributed by atoms with E-state index in [1.165, 1.54) is 25.7 Å². The monoisotopic (exact) mass is 296 g/mol. The maximum atomic E-state index is 12.0. The van der Waals surface area contributed by atoms with Crippen LogP contribution in [0.1, 0.15) is 64.2 Å². The summed E-state index contributed by atoms with van der Waals surface area (Å²) in [5.41, 5.74) is 0. The standard InChI is InChI=1S/C16H28N2O3/c19-15(18-14-5-3-1-2-4-6-14)11-17-13-9-7-12(8-10-13)16(20)21/h12-14,17H,1-11H2,(H,18,19)(H,20,21). The van der Waals surface area contributed by atoms with E-state index in [1.807, 2.05) is 0 Å². The van der Waals surface area contributed by atoms with Crippen molar-refractivity contribution in [1.29, 1.82) is 0 Å². The Morgan fingerprint density at radius 2 is 1.48 bits per heavy atom. The average molecular weight is 296 g/mol. The Bertz CT molecular complexity index is 343. The van der Waals surface area contributed by atoms with Gasteiger partial charge in [0.05, 0.1) is 12.5 Å². The van der Waals surface area contributed by atoms with Gasteiger partial charge in [-0.2, -0.15) is 0 Å². The fourth-order valence-electron chi connectivity index (χ4n) is 3.48. The highest BCUT2D eigenvalue weighted by Gasteiger charge is 2.26. The molecule has 120 valence electrons. The van der Waals surface area contributed by atoms with E-state index in [4.69, 9.17) is 5.11 Å². The third-order valence-corrected chi connectivity index (χ3v) is 4.85. The minimum atomic E-state index is -0.681. The lowest BCUT2D eigenvalue weighted by molar-refractivity contribution is -0.143. The molecular weight excluding hydrogens is 268 g/mol. The summed E-state index contributed by atoms with van der Waals surface area (Å²) in [6, 6.07) is 0.644. The molecule has 2 saturated carbocycles. The molecule has 0 radical (unpaired) electrons. The Hall–Kier alpha value is -1.10. The molecule has 3 N–H and O–H groups in total. The van der Waals surface area contributed by atoms with Crippen LogP contribution in [0.15, 0.2) is 0 Å². The summed E-state index contributed by atoms with van der Waals surface area (Å²) in [5.74, 6) is -0.787. The van der Waals surface area contributed by atoms with Gasteiger partial charge in [0, 0.05) is 12.1 Å². The lowest BCUT2D eigenvalue weighted by Crippen LogP contribution is -2.44. The van der Waals surface area contributed by atoms with Crippen LogP contribution in [0.4, 0.5) is 0 Å². The van der Waals surface area contributed by atoms with Crippen LogP contribution in [0.5, 0.6) is 0 Å². The number of amides is 1. The highest BCUT2D eigenvalue weighted by atomic mass is 16.4. The van der Waals surface area contributed by atoms with Gasteiger partial charge in [0.1, 0.15) is 0 Å². The number of hydrogen-bond acceptors (Lipinski definition) is 3. The molecule has 2 rings (SSSR count). The van der Waals surface area contributed by atoms with Crippen molar-refractivity contribution in [3.8, 4) is 0 Å².